The number of hydrogen-bond donors (Lipinski definition) is 2. The zero-order chi connectivity index (χ0) is 12.7. The number of fused-ring (bicyclic) bond motifs is 1. The molecule has 0 radical (unpaired) electrons. The van der Waals surface area contributed by atoms with Crippen LogP contribution in [0.3, 0.4) is 0 Å². The first-order valence-corrected chi connectivity index (χ1v) is 8.51. The van der Waals surface area contributed by atoms with Crippen molar-refractivity contribution in [1.82, 2.24) is 15.8 Å². The van der Waals surface area contributed by atoms with Crippen molar-refractivity contribution in [2.24, 2.45) is 11.8 Å². The Morgan fingerprint density at radius 3 is 2.79 bits per heavy atom. The molecule has 0 aliphatic carbocycles. The highest BCUT2D eigenvalue weighted by atomic mass is 32.2. The number of likely N-dealkylation sites (tertiary alicyclic amines) is 1. The summed E-state index contributed by atoms with van der Waals surface area (Å²) in [6, 6.07) is 0. The van der Waals surface area contributed by atoms with Gasteiger partial charge in [0.05, 0.1) is 24.7 Å². The van der Waals surface area contributed by atoms with Crippen LogP contribution in [0.25, 0.3) is 0 Å². The van der Waals surface area contributed by atoms with Crippen LogP contribution in [0.1, 0.15) is 6.42 Å². The third-order valence-electron chi connectivity index (χ3n) is 4.90. The van der Waals surface area contributed by atoms with E-state index in [0.717, 1.165) is 43.9 Å². The number of nitrogens with one attached hydrogen (secondary N) is 2. The Balaban J connectivity index is 1.30. The van der Waals surface area contributed by atoms with Gasteiger partial charge in [-0.05, 0) is 18.3 Å². The molecule has 0 spiro atoms. The van der Waals surface area contributed by atoms with Crippen molar-refractivity contribution < 1.29 is 9.47 Å². The van der Waals surface area contributed by atoms with Gasteiger partial charge in [0.25, 0.3) is 0 Å². The Morgan fingerprint density at radius 2 is 1.95 bits per heavy atom. The zero-order valence-corrected chi connectivity index (χ0v) is 12.0. The number of thioether (sulfide) groups is 1. The molecule has 4 fully saturated rings. The first kappa shape index (κ1) is 12.9. The average Bonchev–Trinajstić information content (AvgIpc) is 2.83. The normalized spacial score (nSPS) is 44.8. The van der Waals surface area contributed by atoms with E-state index in [0.29, 0.717) is 17.6 Å². The maximum atomic E-state index is 5.94. The van der Waals surface area contributed by atoms with Crippen LogP contribution in [0, 0.1) is 11.8 Å². The number of hydrogen-bond acceptors (Lipinski definition) is 6. The topological polar surface area (TPSA) is 45.8 Å². The third kappa shape index (κ3) is 2.43. The predicted molar refractivity (Wildman–Crippen MR) is 74.9 cm³/mol. The first-order chi connectivity index (χ1) is 9.42. The van der Waals surface area contributed by atoms with Crippen LogP contribution in [0.4, 0.5) is 0 Å². The van der Waals surface area contributed by atoms with Crippen molar-refractivity contribution >= 4 is 11.8 Å². The molecule has 4 rings (SSSR count). The second-order valence-corrected chi connectivity index (χ2v) is 7.19. The van der Waals surface area contributed by atoms with Gasteiger partial charge in [0.2, 0.25) is 0 Å². The highest BCUT2D eigenvalue weighted by molar-refractivity contribution is 8.00. The predicted octanol–water partition coefficient (Wildman–Crippen LogP) is -0.111. The summed E-state index contributed by atoms with van der Waals surface area (Å²) in [5.74, 6) is 2.83. The van der Waals surface area contributed by atoms with Gasteiger partial charge in [0.15, 0.2) is 0 Å². The van der Waals surface area contributed by atoms with Crippen molar-refractivity contribution in [3.8, 4) is 0 Å². The lowest BCUT2D eigenvalue weighted by Crippen LogP contribution is -2.60. The molecule has 4 heterocycles. The first-order valence-electron chi connectivity index (χ1n) is 7.46. The van der Waals surface area contributed by atoms with Gasteiger partial charge in [-0.1, -0.05) is 0 Å². The Labute approximate surface area is 118 Å². The second-order valence-electron chi connectivity index (χ2n) is 6.04. The molecule has 6 heteroatoms. The fourth-order valence-electron chi connectivity index (χ4n) is 3.70. The summed E-state index contributed by atoms with van der Waals surface area (Å²) in [6.07, 6.45) is 1.96. The molecule has 2 N–H and O–H groups in total. The van der Waals surface area contributed by atoms with E-state index in [4.69, 9.17) is 9.47 Å². The van der Waals surface area contributed by atoms with Crippen molar-refractivity contribution in [1.29, 1.82) is 0 Å². The van der Waals surface area contributed by atoms with Crippen LogP contribution < -0.4 is 10.9 Å². The fraction of sp³-hybridized carbons (Fsp3) is 1.00. The number of nitrogens with zero attached hydrogens (tertiary/aromatic N) is 1. The van der Waals surface area contributed by atoms with Crippen LogP contribution in [0.2, 0.25) is 0 Å². The molecule has 0 bridgehead atoms. The maximum absolute atomic E-state index is 5.94. The highest BCUT2D eigenvalue weighted by Gasteiger charge is 2.47. The van der Waals surface area contributed by atoms with Gasteiger partial charge < -0.3 is 9.47 Å². The van der Waals surface area contributed by atoms with Gasteiger partial charge in [-0.25, -0.2) is 0 Å². The van der Waals surface area contributed by atoms with Crippen LogP contribution in [0.15, 0.2) is 0 Å². The van der Waals surface area contributed by atoms with E-state index < -0.39 is 0 Å². The van der Waals surface area contributed by atoms with Gasteiger partial charge in [-0.3, -0.25) is 15.8 Å². The molecule has 5 nitrogen and oxygen atoms in total. The zero-order valence-electron chi connectivity index (χ0n) is 11.2. The minimum atomic E-state index is 0.311. The largest absolute Gasteiger partial charge is 0.372 e. The van der Waals surface area contributed by atoms with E-state index in [-0.39, 0.29) is 0 Å². The maximum Gasteiger partial charge on any atom is 0.109 e. The summed E-state index contributed by atoms with van der Waals surface area (Å²) in [4.78, 5) is 2.61. The van der Waals surface area contributed by atoms with Crippen LogP contribution in [-0.4, -0.2) is 67.6 Å². The second kappa shape index (κ2) is 5.50. The summed E-state index contributed by atoms with van der Waals surface area (Å²) >= 11 is 2.03. The lowest BCUT2D eigenvalue weighted by Gasteiger charge is -2.48. The molecule has 4 aliphatic heterocycles. The van der Waals surface area contributed by atoms with E-state index >= 15 is 0 Å². The quantitative estimate of drug-likeness (QED) is 0.738. The summed E-state index contributed by atoms with van der Waals surface area (Å²) in [7, 11) is 0. The summed E-state index contributed by atoms with van der Waals surface area (Å²) in [5.41, 5.74) is 6.51. The molecule has 4 saturated heterocycles. The van der Waals surface area contributed by atoms with Crippen LogP contribution in [-0.2, 0) is 9.47 Å². The van der Waals surface area contributed by atoms with Crippen molar-refractivity contribution in [2.75, 3.05) is 45.1 Å². The van der Waals surface area contributed by atoms with Crippen LogP contribution >= 0.6 is 11.8 Å². The standard InChI is InChI=1S/C13H23N3O2S/c1-2-14-15-5-9(1)10-6-16(7-10)13-12-11(8-19-13)17-3-4-18-12/h9-15H,1-8H2. The number of rotatable bonds is 2. The summed E-state index contributed by atoms with van der Waals surface area (Å²) in [6.45, 7) is 6.28. The molecular weight excluding hydrogens is 262 g/mol. The smallest absolute Gasteiger partial charge is 0.109 e. The molecule has 4 unspecified atom stereocenters. The molecular formula is C13H23N3O2S. The molecule has 108 valence electrons. The Bertz CT molecular complexity index is 321. The molecule has 19 heavy (non-hydrogen) atoms. The van der Waals surface area contributed by atoms with Crippen molar-refractivity contribution in [3.05, 3.63) is 0 Å². The van der Waals surface area contributed by atoms with Crippen molar-refractivity contribution in [2.45, 2.75) is 24.0 Å². The monoisotopic (exact) mass is 285 g/mol. The molecule has 4 aliphatic rings. The van der Waals surface area contributed by atoms with Gasteiger partial charge >= 0.3 is 0 Å². The SMILES string of the molecule is C1CC(C2CN(C3SCC4OCCOC43)C2)CNN1. The lowest BCUT2D eigenvalue weighted by molar-refractivity contribution is -0.146. The molecule has 0 aromatic rings. The molecule has 0 aromatic heterocycles. The lowest BCUT2D eigenvalue weighted by atomic mass is 9.82. The van der Waals surface area contributed by atoms with Gasteiger partial charge in [-0.15, -0.1) is 11.8 Å². The average molecular weight is 285 g/mol. The van der Waals surface area contributed by atoms with Gasteiger partial charge in [0.1, 0.15) is 6.10 Å². The fourth-order valence-corrected chi connectivity index (χ4v) is 5.20. The molecule has 4 atom stereocenters. The molecule has 0 aromatic carbocycles. The van der Waals surface area contributed by atoms with Gasteiger partial charge in [-0.2, -0.15) is 0 Å². The minimum absolute atomic E-state index is 0.311. The van der Waals surface area contributed by atoms with E-state index in [9.17, 15) is 0 Å². The Morgan fingerprint density at radius 1 is 1.05 bits per heavy atom. The summed E-state index contributed by atoms with van der Waals surface area (Å²) in [5, 5.41) is 0.538. The Hall–Kier alpha value is 0.150. The van der Waals surface area contributed by atoms with Crippen LogP contribution in [0.5, 0.6) is 0 Å². The van der Waals surface area contributed by atoms with E-state index in [1.54, 1.807) is 0 Å². The van der Waals surface area contributed by atoms with E-state index in [1.807, 2.05) is 11.8 Å². The number of ether oxygens (including phenoxy) is 2. The van der Waals surface area contributed by atoms with Gasteiger partial charge in [0, 0.05) is 31.9 Å². The highest BCUT2D eigenvalue weighted by Crippen LogP contribution is 2.40. The number of hydrazine groups is 1. The molecule has 0 amide bonds. The minimum Gasteiger partial charge on any atom is -0.372 e. The van der Waals surface area contributed by atoms with Crippen molar-refractivity contribution in [3.63, 3.8) is 0 Å². The Kier molecular flexibility index (Phi) is 3.72. The van der Waals surface area contributed by atoms with E-state index in [2.05, 4.69) is 15.8 Å². The van der Waals surface area contributed by atoms with E-state index in [1.165, 1.54) is 19.5 Å². The molecule has 0 saturated carbocycles. The third-order valence-corrected chi connectivity index (χ3v) is 6.33. The summed E-state index contributed by atoms with van der Waals surface area (Å²) < 4.78 is 11.7.